The van der Waals surface area contributed by atoms with Crippen LogP contribution in [0, 0.1) is 0 Å². The lowest BCUT2D eigenvalue weighted by atomic mass is 10.0. The fourth-order valence-corrected chi connectivity index (χ4v) is 3.00. The summed E-state index contributed by atoms with van der Waals surface area (Å²) in [6, 6.07) is 0. The van der Waals surface area contributed by atoms with Gasteiger partial charge in [-0.2, -0.15) is 11.8 Å². The molecule has 1 heteroatoms. The number of unbranched alkanes of at least 4 members (excludes halogenated alkanes) is 6. The minimum Gasteiger partial charge on any atom is -0.156 e. The average Bonchev–Trinajstić information content (AvgIpc) is 2.25. The normalized spacial score (nSPS) is 12.0. The molecule has 0 aromatic heterocycles. The molecule has 0 saturated heterocycles. The molecule has 0 radical (unpaired) electrons. The van der Waals surface area contributed by atoms with Crippen molar-refractivity contribution in [3.05, 3.63) is 0 Å². The monoisotopic (exact) mass is 244 g/mol. The molecule has 0 aliphatic rings. The Labute approximate surface area is 108 Å². The van der Waals surface area contributed by atoms with E-state index in [1.54, 1.807) is 0 Å². The van der Waals surface area contributed by atoms with Crippen LogP contribution in [0.2, 0.25) is 0 Å². The van der Waals surface area contributed by atoms with Crippen molar-refractivity contribution in [3.63, 3.8) is 0 Å². The zero-order chi connectivity index (χ0) is 12.3. The first-order valence-corrected chi connectivity index (χ1v) is 8.25. The number of hydrogen-bond acceptors (Lipinski definition) is 1. The van der Waals surface area contributed by atoms with E-state index in [1.165, 1.54) is 63.5 Å². The number of rotatable bonds is 11. The molecule has 0 saturated carbocycles. The molecular formula is C15H32S. The van der Waals surface area contributed by atoms with Crippen LogP contribution in [0.5, 0.6) is 0 Å². The van der Waals surface area contributed by atoms with Gasteiger partial charge in [0.1, 0.15) is 0 Å². The first-order valence-electron chi connectivity index (χ1n) is 7.26. The summed E-state index contributed by atoms with van der Waals surface area (Å²) < 4.78 is 0.513. The minimum atomic E-state index is 0.513. The molecule has 0 bridgehead atoms. The Balaban J connectivity index is 3.29. The van der Waals surface area contributed by atoms with Crippen LogP contribution in [-0.2, 0) is 0 Å². The van der Waals surface area contributed by atoms with Crippen molar-refractivity contribution < 1.29 is 0 Å². The molecule has 0 rings (SSSR count). The summed E-state index contributed by atoms with van der Waals surface area (Å²) in [5, 5.41) is 0. The molecule has 0 aromatic carbocycles. The molecule has 0 spiro atoms. The summed E-state index contributed by atoms with van der Waals surface area (Å²) in [5.74, 6) is 1.32. The van der Waals surface area contributed by atoms with Crippen molar-refractivity contribution in [1.82, 2.24) is 0 Å². The largest absolute Gasteiger partial charge is 0.156 e. The van der Waals surface area contributed by atoms with E-state index in [-0.39, 0.29) is 0 Å². The van der Waals surface area contributed by atoms with Crippen LogP contribution >= 0.6 is 11.8 Å². The zero-order valence-corrected chi connectivity index (χ0v) is 12.8. The fraction of sp³-hybridized carbons (Fsp3) is 1.00. The van der Waals surface area contributed by atoms with Gasteiger partial charge in [-0.3, -0.25) is 0 Å². The van der Waals surface area contributed by atoms with E-state index in [0.717, 1.165) is 0 Å². The Hall–Kier alpha value is 0.350. The molecule has 0 unspecified atom stereocenters. The van der Waals surface area contributed by atoms with Gasteiger partial charge in [0, 0.05) is 4.75 Å². The number of thioether (sulfide) groups is 1. The highest BCUT2D eigenvalue weighted by Crippen LogP contribution is 2.30. The van der Waals surface area contributed by atoms with Gasteiger partial charge in [-0.15, -0.1) is 0 Å². The van der Waals surface area contributed by atoms with E-state index in [4.69, 9.17) is 0 Å². The standard InChI is InChI=1S/C15H32S/c1-5-7-8-9-10-11-12-13-15(3,4)16-14-6-2/h5-14H2,1-4H3. The molecule has 0 aliphatic heterocycles. The molecule has 0 atom stereocenters. The Kier molecular flexibility index (Phi) is 10.7. The highest BCUT2D eigenvalue weighted by atomic mass is 32.2. The van der Waals surface area contributed by atoms with Gasteiger partial charge in [0.25, 0.3) is 0 Å². The third-order valence-electron chi connectivity index (χ3n) is 3.08. The molecule has 98 valence electrons. The highest BCUT2D eigenvalue weighted by Gasteiger charge is 2.16. The van der Waals surface area contributed by atoms with E-state index < -0.39 is 0 Å². The molecule has 0 heterocycles. The Bertz CT molecular complexity index is 140. The van der Waals surface area contributed by atoms with Gasteiger partial charge in [-0.05, 0) is 18.6 Å². The van der Waals surface area contributed by atoms with Crippen LogP contribution in [0.4, 0.5) is 0 Å². The van der Waals surface area contributed by atoms with Crippen molar-refractivity contribution in [3.8, 4) is 0 Å². The predicted molar refractivity (Wildman–Crippen MR) is 79.4 cm³/mol. The van der Waals surface area contributed by atoms with E-state index in [9.17, 15) is 0 Å². The molecule has 0 fully saturated rings. The summed E-state index contributed by atoms with van der Waals surface area (Å²) in [6.45, 7) is 9.37. The third kappa shape index (κ3) is 10.9. The van der Waals surface area contributed by atoms with Crippen LogP contribution in [0.25, 0.3) is 0 Å². The molecule has 0 nitrogen and oxygen atoms in total. The quantitative estimate of drug-likeness (QED) is 0.399. The van der Waals surface area contributed by atoms with Gasteiger partial charge in [0.2, 0.25) is 0 Å². The predicted octanol–water partition coefficient (Wildman–Crippen LogP) is 6.05. The molecular weight excluding hydrogens is 212 g/mol. The SMILES string of the molecule is CCCCCCCCCC(C)(C)SCCC. The molecule has 0 aliphatic carbocycles. The molecule has 0 aromatic rings. The lowest BCUT2D eigenvalue weighted by Crippen LogP contribution is -2.14. The first-order chi connectivity index (χ1) is 7.62. The maximum absolute atomic E-state index is 2.41. The van der Waals surface area contributed by atoms with E-state index in [1.807, 2.05) is 0 Å². The maximum Gasteiger partial charge on any atom is 0.0103 e. The van der Waals surface area contributed by atoms with Crippen LogP contribution in [0.1, 0.15) is 85.5 Å². The van der Waals surface area contributed by atoms with Crippen molar-refractivity contribution in [1.29, 1.82) is 0 Å². The summed E-state index contributed by atoms with van der Waals surface area (Å²) >= 11 is 2.15. The minimum absolute atomic E-state index is 0.513. The molecule has 0 amide bonds. The highest BCUT2D eigenvalue weighted by molar-refractivity contribution is 8.00. The van der Waals surface area contributed by atoms with Gasteiger partial charge in [-0.1, -0.05) is 72.6 Å². The van der Waals surface area contributed by atoms with Gasteiger partial charge < -0.3 is 0 Å². The smallest absolute Gasteiger partial charge is 0.0103 e. The first kappa shape index (κ1) is 16.4. The van der Waals surface area contributed by atoms with Crippen LogP contribution < -0.4 is 0 Å². The lowest BCUT2D eigenvalue weighted by molar-refractivity contribution is 0.536. The molecule has 0 N–H and O–H groups in total. The summed E-state index contributed by atoms with van der Waals surface area (Å²) in [4.78, 5) is 0. The van der Waals surface area contributed by atoms with Gasteiger partial charge in [-0.25, -0.2) is 0 Å². The van der Waals surface area contributed by atoms with Gasteiger partial charge in [0.05, 0.1) is 0 Å². The van der Waals surface area contributed by atoms with Crippen molar-refractivity contribution >= 4 is 11.8 Å². The second-order valence-corrected chi connectivity index (χ2v) is 7.28. The number of hydrogen-bond donors (Lipinski definition) is 0. The van der Waals surface area contributed by atoms with Crippen molar-refractivity contribution in [2.24, 2.45) is 0 Å². The summed E-state index contributed by atoms with van der Waals surface area (Å²) in [6.07, 6.45) is 12.7. The van der Waals surface area contributed by atoms with Crippen molar-refractivity contribution in [2.75, 3.05) is 5.75 Å². The summed E-state index contributed by atoms with van der Waals surface area (Å²) in [7, 11) is 0. The maximum atomic E-state index is 2.41. The Morgan fingerprint density at radius 1 is 0.750 bits per heavy atom. The lowest BCUT2D eigenvalue weighted by Gasteiger charge is -2.23. The second kappa shape index (κ2) is 10.5. The zero-order valence-electron chi connectivity index (χ0n) is 12.0. The van der Waals surface area contributed by atoms with E-state index >= 15 is 0 Å². The summed E-state index contributed by atoms with van der Waals surface area (Å²) in [5.41, 5.74) is 0. The Morgan fingerprint density at radius 2 is 1.31 bits per heavy atom. The average molecular weight is 244 g/mol. The van der Waals surface area contributed by atoms with Crippen LogP contribution in [0.15, 0.2) is 0 Å². The topological polar surface area (TPSA) is 0 Å². The van der Waals surface area contributed by atoms with Crippen molar-refractivity contribution in [2.45, 2.75) is 90.2 Å². The third-order valence-corrected chi connectivity index (χ3v) is 4.68. The van der Waals surface area contributed by atoms with Crippen LogP contribution in [0.3, 0.4) is 0 Å². The fourth-order valence-electron chi connectivity index (χ4n) is 1.96. The van der Waals surface area contributed by atoms with Gasteiger partial charge >= 0.3 is 0 Å². The van der Waals surface area contributed by atoms with Crippen LogP contribution in [-0.4, -0.2) is 10.5 Å². The Morgan fingerprint density at radius 3 is 1.88 bits per heavy atom. The van der Waals surface area contributed by atoms with E-state index in [2.05, 4.69) is 39.5 Å². The molecule has 16 heavy (non-hydrogen) atoms. The second-order valence-electron chi connectivity index (χ2n) is 5.48. The van der Waals surface area contributed by atoms with E-state index in [0.29, 0.717) is 4.75 Å². The van der Waals surface area contributed by atoms with Gasteiger partial charge in [0.15, 0.2) is 0 Å².